The number of aromatic amines is 1. The second-order valence-electron chi connectivity index (χ2n) is 4.01. The van der Waals surface area contributed by atoms with E-state index < -0.39 is 0 Å². The molecule has 3 rings (SSSR count). The number of H-pyrrole nitrogens is 1. The molecule has 0 aliphatic carbocycles. The molecule has 0 radical (unpaired) electrons. The normalized spacial score (nSPS) is 9.00. The molecule has 98 valence electrons. The van der Waals surface area contributed by atoms with Gasteiger partial charge in [0.25, 0.3) is 0 Å². The molecule has 0 saturated heterocycles. The van der Waals surface area contributed by atoms with Crippen LogP contribution in [0.5, 0.6) is 0 Å². The summed E-state index contributed by atoms with van der Waals surface area (Å²) in [4.78, 5) is 3.92. The van der Waals surface area contributed by atoms with Crippen LogP contribution in [0.25, 0.3) is 0 Å². The molecule has 0 saturated carbocycles. The van der Waals surface area contributed by atoms with E-state index in [1.807, 2.05) is 48.5 Å². The summed E-state index contributed by atoms with van der Waals surface area (Å²) in [7, 11) is 0. The van der Waals surface area contributed by atoms with Gasteiger partial charge < -0.3 is 10.1 Å². The van der Waals surface area contributed by atoms with E-state index in [4.69, 9.17) is 0 Å². The Balaban J connectivity index is 0.000000216. The fourth-order valence-electron chi connectivity index (χ4n) is 1.54. The fourth-order valence-corrected chi connectivity index (χ4v) is 1.54. The molecule has 4 heteroatoms. The molecule has 0 fully saturated rings. The molecule has 1 aromatic heterocycles. The van der Waals surface area contributed by atoms with Crippen molar-refractivity contribution >= 4 is 0 Å². The molecule has 0 amide bonds. The monoisotopic (exact) mass is 487 g/mol. The maximum Gasteiger partial charge on any atom is 2.00 e. The van der Waals surface area contributed by atoms with Crippen LogP contribution in [0.2, 0.25) is 0 Å². The standard InChI is InChI=1S/C9H8N3.C7H7.U/c1-2-4-8(5-3-1)6-9-10-7-11-12-9;1-7-5-3-2-4-6-7;/h1-5H,6H2,(H,10,11,12);2-6H,1H2;/q2*-1;+2. The Morgan fingerprint density at radius 3 is 2.00 bits per heavy atom. The average Bonchev–Trinajstić information content (AvgIpc) is 2.94. The minimum Gasteiger partial charge on any atom is -0.418 e. The Labute approximate surface area is 143 Å². The molecule has 0 bridgehead atoms. The van der Waals surface area contributed by atoms with Crippen molar-refractivity contribution in [1.29, 1.82) is 0 Å². The topological polar surface area (TPSA) is 41.6 Å². The summed E-state index contributed by atoms with van der Waals surface area (Å²) in [5.41, 5.74) is 2.29. The van der Waals surface area contributed by atoms with Gasteiger partial charge in [-0.05, 0) is 12.2 Å². The first-order chi connectivity index (χ1) is 9.34. The first kappa shape index (κ1) is 16.6. The van der Waals surface area contributed by atoms with Gasteiger partial charge >= 0.3 is 31.1 Å². The van der Waals surface area contributed by atoms with Gasteiger partial charge in [0.1, 0.15) is 0 Å². The quantitative estimate of drug-likeness (QED) is 0.565. The molecular weight excluding hydrogens is 472 g/mol. The third kappa shape index (κ3) is 6.10. The van der Waals surface area contributed by atoms with E-state index in [1.165, 1.54) is 5.56 Å². The molecule has 2 aromatic carbocycles. The van der Waals surface area contributed by atoms with Crippen LogP contribution in [0.1, 0.15) is 17.0 Å². The predicted molar refractivity (Wildman–Crippen MR) is 75.4 cm³/mol. The molecule has 0 aliphatic heterocycles. The molecule has 0 unspecified atom stereocenters. The van der Waals surface area contributed by atoms with Gasteiger partial charge in [-0.15, -0.1) is 12.1 Å². The van der Waals surface area contributed by atoms with Gasteiger partial charge in [0, 0.05) is 0 Å². The minimum absolute atomic E-state index is 0. The van der Waals surface area contributed by atoms with Gasteiger partial charge in [-0.25, -0.2) is 0 Å². The number of nitrogens with one attached hydrogen (secondary N) is 1. The molecule has 0 spiro atoms. The van der Waals surface area contributed by atoms with Gasteiger partial charge in [-0.3, -0.25) is 5.10 Å². The van der Waals surface area contributed by atoms with E-state index in [2.05, 4.69) is 40.6 Å². The van der Waals surface area contributed by atoms with Crippen molar-refractivity contribution < 1.29 is 31.1 Å². The number of benzene rings is 2. The molecule has 1 N–H and O–H groups in total. The van der Waals surface area contributed by atoms with E-state index in [0.717, 1.165) is 17.8 Å². The zero-order valence-electron chi connectivity index (χ0n) is 11.1. The third-order valence-electron chi connectivity index (χ3n) is 2.47. The summed E-state index contributed by atoms with van der Waals surface area (Å²) in [5.74, 6) is 0.779. The zero-order chi connectivity index (χ0) is 13.3. The van der Waals surface area contributed by atoms with Crippen LogP contribution in [0.15, 0.2) is 60.7 Å². The zero-order valence-corrected chi connectivity index (χ0v) is 15.2. The SMILES string of the molecule is [CH2-]c1ccccc1.[U+2].[c-]1nc(Cc2ccccc2)n[nH]1. The van der Waals surface area contributed by atoms with E-state index in [9.17, 15) is 0 Å². The molecule has 0 atom stereocenters. The van der Waals surface area contributed by atoms with E-state index in [0.29, 0.717) is 0 Å². The van der Waals surface area contributed by atoms with Crippen molar-refractivity contribution in [1.82, 2.24) is 15.2 Å². The molecule has 0 aliphatic rings. The molecule has 1 heterocycles. The Hall–Kier alpha value is -1.50. The third-order valence-corrected chi connectivity index (χ3v) is 2.47. The molecule has 20 heavy (non-hydrogen) atoms. The first-order valence-corrected chi connectivity index (χ1v) is 6.03. The second kappa shape index (κ2) is 9.41. The smallest absolute Gasteiger partial charge is 0.418 e. The van der Waals surface area contributed by atoms with E-state index in [-0.39, 0.29) is 31.1 Å². The largest absolute Gasteiger partial charge is 2.00 e. The van der Waals surface area contributed by atoms with Gasteiger partial charge in [-0.2, -0.15) is 24.6 Å². The van der Waals surface area contributed by atoms with Crippen molar-refractivity contribution in [2.75, 3.05) is 0 Å². The van der Waals surface area contributed by atoms with Crippen molar-refractivity contribution in [3.8, 4) is 0 Å². The molecule has 3 nitrogen and oxygen atoms in total. The Morgan fingerprint density at radius 2 is 1.55 bits per heavy atom. The maximum absolute atomic E-state index is 3.92. The van der Waals surface area contributed by atoms with Crippen molar-refractivity contribution in [3.63, 3.8) is 0 Å². The molecular formula is C16H15N3U. The van der Waals surface area contributed by atoms with Crippen LogP contribution in [-0.4, -0.2) is 15.2 Å². The van der Waals surface area contributed by atoms with Gasteiger partial charge in [0.2, 0.25) is 0 Å². The van der Waals surface area contributed by atoms with Crippen LogP contribution in [-0.2, 0) is 6.42 Å². The van der Waals surface area contributed by atoms with Gasteiger partial charge in [0.05, 0.1) is 0 Å². The number of nitrogens with zero attached hydrogens (tertiary/aromatic N) is 2. The Morgan fingerprint density at radius 1 is 0.950 bits per heavy atom. The van der Waals surface area contributed by atoms with Crippen molar-refractivity contribution in [3.05, 3.63) is 90.9 Å². The van der Waals surface area contributed by atoms with Crippen LogP contribution in [0, 0.1) is 44.4 Å². The number of rotatable bonds is 2. The van der Waals surface area contributed by atoms with Crippen LogP contribution < -0.4 is 0 Å². The van der Waals surface area contributed by atoms with Gasteiger partial charge in [0.15, 0.2) is 0 Å². The van der Waals surface area contributed by atoms with Crippen molar-refractivity contribution in [2.24, 2.45) is 0 Å². The average molecular weight is 487 g/mol. The Bertz CT molecular complexity index is 565. The first-order valence-electron chi connectivity index (χ1n) is 6.03. The summed E-state index contributed by atoms with van der Waals surface area (Å²) in [6.07, 6.45) is 3.33. The summed E-state index contributed by atoms with van der Waals surface area (Å²) in [5, 5.41) is 6.48. The van der Waals surface area contributed by atoms with Crippen LogP contribution >= 0.6 is 0 Å². The number of aromatic nitrogens is 3. The minimum atomic E-state index is 0. The van der Waals surface area contributed by atoms with E-state index in [1.54, 1.807) is 0 Å². The summed E-state index contributed by atoms with van der Waals surface area (Å²) >= 11 is 0. The number of hydrogen-bond donors (Lipinski definition) is 1. The fraction of sp³-hybridized carbons (Fsp3) is 0.0625. The van der Waals surface area contributed by atoms with Crippen molar-refractivity contribution in [2.45, 2.75) is 6.42 Å². The summed E-state index contributed by atoms with van der Waals surface area (Å²) < 4.78 is 0. The number of hydrogen-bond acceptors (Lipinski definition) is 2. The van der Waals surface area contributed by atoms with Gasteiger partial charge in [-0.1, -0.05) is 48.3 Å². The van der Waals surface area contributed by atoms with Crippen LogP contribution in [0.4, 0.5) is 0 Å². The molecule has 3 aromatic rings. The summed E-state index contributed by atoms with van der Waals surface area (Å²) in [6.45, 7) is 3.72. The second-order valence-corrected chi connectivity index (χ2v) is 4.01. The Kier molecular flexibility index (Phi) is 7.79. The van der Waals surface area contributed by atoms with E-state index >= 15 is 0 Å². The predicted octanol–water partition coefficient (Wildman–Crippen LogP) is 3.06. The summed E-state index contributed by atoms with van der Waals surface area (Å²) in [6, 6.07) is 20.0. The maximum atomic E-state index is 3.92. The van der Waals surface area contributed by atoms with Crippen LogP contribution in [0.3, 0.4) is 0 Å².